The second kappa shape index (κ2) is 17.2. The van der Waals surface area contributed by atoms with Crippen LogP contribution >= 0.6 is 0 Å². The van der Waals surface area contributed by atoms with Crippen molar-refractivity contribution in [2.75, 3.05) is 57.0 Å². The van der Waals surface area contributed by atoms with Crippen LogP contribution in [0, 0.1) is 17.5 Å². The minimum absolute atomic E-state index is 0.0627. The van der Waals surface area contributed by atoms with Crippen molar-refractivity contribution in [1.29, 1.82) is 0 Å². The summed E-state index contributed by atoms with van der Waals surface area (Å²) in [5, 5.41) is 11.9. The molecule has 0 aliphatic heterocycles. The van der Waals surface area contributed by atoms with Crippen LogP contribution in [0.5, 0.6) is 0 Å². The largest absolute Gasteiger partial charge is 0.465 e. The van der Waals surface area contributed by atoms with Crippen molar-refractivity contribution < 1.29 is 32.2 Å². The Hall–Kier alpha value is -3.35. The highest BCUT2D eigenvalue weighted by Crippen LogP contribution is 2.26. The zero-order chi connectivity index (χ0) is 27.8. The normalized spacial score (nSPS) is 10.8. The van der Waals surface area contributed by atoms with E-state index in [9.17, 15) is 22.8 Å². The van der Waals surface area contributed by atoms with E-state index in [0.29, 0.717) is 19.5 Å². The molecule has 0 spiro atoms. The Balaban J connectivity index is 1.85. The van der Waals surface area contributed by atoms with Crippen LogP contribution < -0.4 is 27.0 Å². The summed E-state index contributed by atoms with van der Waals surface area (Å²) in [5.74, 6) is -3.79. The molecule has 0 radical (unpaired) electrons. The van der Waals surface area contributed by atoms with Gasteiger partial charge in [-0.1, -0.05) is 12.1 Å². The number of hydrogen-bond donors (Lipinski definition) is 5. The van der Waals surface area contributed by atoms with Crippen molar-refractivity contribution in [3.63, 3.8) is 0 Å². The van der Waals surface area contributed by atoms with E-state index in [2.05, 4.69) is 26.0 Å². The Labute approximate surface area is 220 Å². The highest BCUT2D eigenvalue weighted by molar-refractivity contribution is 6.00. The summed E-state index contributed by atoms with van der Waals surface area (Å²) in [5.41, 5.74) is 5.05. The molecule has 2 rings (SSSR count). The predicted octanol–water partition coefficient (Wildman–Crippen LogP) is 3.75. The molecule has 0 saturated heterocycles. The molecule has 0 bridgehead atoms. The van der Waals surface area contributed by atoms with Gasteiger partial charge in [0.1, 0.15) is 12.4 Å². The van der Waals surface area contributed by atoms with Gasteiger partial charge in [-0.05, 0) is 76.6 Å². The number of benzene rings is 2. The maximum Gasteiger partial charge on any atom is 0.411 e. The summed E-state index contributed by atoms with van der Waals surface area (Å²) in [4.78, 5) is 24.4. The second-order valence-corrected chi connectivity index (χ2v) is 8.41. The number of unbranched alkanes of at least 4 members (excludes halogenated alkanes) is 1. The molecule has 6 N–H and O–H groups in total. The fourth-order valence-electron chi connectivity index (χ4n) is 3.45. The topological polar surface area (TPSA) is 127 Å². The number of hydrogen-bond acceptors (Lipinski definition) is 8. The standard InChI is InChI=1S/C26H36F3N5O4/c1-37-25(35)19-15-21(28)23(33-14-6-13-32-11-3-2-10-31-12-5-9-30)16-22(19)34-26(36)38-17-18-7-4-8-20(27)24(18)29/h4,7-8,15-16,31-33H,2-3,5-6,9-14,17,30H2,1H3,(H,34,36). The van der Waals surface area contributed by atoms with E-state index < -0.39 is 36.1 Å². The van der Waals surface area contributed by atoms with Crippen molar-refractivity contribution in [2.24, 2.45) is 5.73 Å². The van der Waals surface area contributed by atoms with Gasteiger partial charge in [-0.3, -0.25) is 5.32 Å². The van der Waals surface area contributed by atoms with Crippen molar-refractivity contribution in [2.45, 2.75) is 32.3 Å². The van der Waals surface area contributed by atoms with Gasteiger partial charge in [-0.25, -0.2) is 22.8 Å². The van der Waals surface area contributed by atoms with Crippen LogP contribution in [0.15, 0.2) is 30.3 Å². The molecule has 2 aromatic rings. The average molecular weight is 540 g/mol. The third-order valence-electron chi connectivity index (χ3n) is 5.50. The molecule has 0 aromatic heterocycles. The number of carbonyl (C=O) groups is 2. The number of rotatable bonds is 17. The number of nitrogens with two attached hydrogens (primary N) is 1. The molecule has 0 atom stereocenters. The van der Waals surface area contributed by atoms with E-state index in [0.717, 1.165) is 64.7 Å². The molecule has 0 fully saturated rings. The maximum absolute atomic E-state index is 14.6. The van der Waals surface area contributed by atoms with E-state index in [-0.39, 0.29) is 22.5 Å². The maximum atomic E-state index is 14.6. The van der Waals surface area contributed by atoms with Crippen molar-refractivity contribution >= 4 is 23.4 Å². The third kappa shape index (κ3) is 10.6. The van der Waals surface area contributed by atoms with Gasteiger partial charge in [0.25, 0.3) is 0 Å². The Morgan fingerprint density at radius 3 is 2.24 bits per heavy atom. The fourth-order valence-corrected chi connectivity index (χ4v) is 3.45. The Morgan fingerprint density at radius 1 is 0.868 bits per heavy atom. The summed E-state index contributed by atoms with van der Waals surface area (Å²) in [7, 11) is 1.12. The number of amides is 1. The van der Waals surface area contributed by atoms with Crippen LogP contribution in [0.3, 0.4) is 0 Å². The SMILES string of the molecule is COC(=O)c1cc(F)c(NCCCNCCCCNCCCN)cc1NC(=O)OCc1cccc(F)c1F. The number of esters is 1. The summed E-state index contributed by atoms with van der Waals surface area (Å²) in [6.07, 6.45) is 2.72. The third-order valence-corrected chi connectivity index (χ3v) is 5.50. The van der Waals surface area contributed by atoms with Gasteiger partial charge in [0.2, 0.25) is 0 Å². The Kier molecular flexibility index (Phi) is 14.0. The van der Waals surface area contributed by atoms with Gasteiger partial charge in [-0.2, -0.15) is 0 Å². The first kappa shape index (κ1) is 30.9. The van der Waals surface area contributed by atoms with Gasteiger partial charge < -0.3 is 31.2 Å². The molecule has 210 valence electrons. The summed E-state index contributed by atoms with van der Waals surface area (Å²) in [6.45, 7) is 4.06. The zero-order valence-electron chi connectivity index (χ0n) is 21.5. The highest BCUT2D eigenvalue weighted by atomic mass is 19.2. The molecule has 38 heavy (non-hydrogen) atoms. The van der Waals surface area contributed by atoms with Crippen molar-refractivity contribution in [3.8, 4) is 0 Å². The molecule has 12 heteroatoms. The van der Waals surface area contributed by atoms with Crippen LogP contribution in [0.4, 0.5) is 29.3 Å². The molecule has 0 aliphatic rings. The lowest BCUT2D eigenvalue weighted by Crippen LogP contribution is -2.22. The Bertz CT molecular complexity index is 1040. The minimum atomic E-state index is -1.13. The fraction of sp³-hybridized carbons (Fsp3) is 0.462. The van der Waals surface area contributed by atoms with E-state index >= 15 is 0 Å². The first-order valence-corrected chi connectivity index (χ1v) is 12.5. The first-order chi connectivity index (χ1) is 18.4. The molecule has 0 unspecified atom stereocenters. The lowest BCUT2D eigenvalue weighted by atomic mass is 10.1. The van der Waals surface area contributed by atoms with Crippen LogP contribution in [0.25, 0.3) is 0 Å². The molecule has 0 aliphatic carbocycles. The molecule has 9 nitrogen and oxygen atoms in total. The number of methoxy groups -OCH3 is 1. The number of anilines is 2. The van der Waals surface area contributed by atoms with E-state index in [1.54, 1.807) is 0 Å². The minimum Gasteiger partial charge on any atom is -0.465 e. The average Bonchev–Trinajstić information content (AvgIpc) is 2.91. The number of ether oxygens (including phenoxy) is 2. The van der Waals surface area contributed by atoms with Crippen molar-refractivity contribution in [1.82, 2.24) is 10.6 Å². The number of halogens is 3. The lowest BCUT2D eigenvalue weighted by Gasteiger charge is -2.15. The van der Waals surface area contributed by atoms with E-state index in [1.807, 2.05) is 0 Å². The van der Waals surface area contributed by atoms with Gasteiger partial charge >= 0.3 is 12.1 Å². The first-order valence-electron chi connectivity index (χ1n) is 12.5. The van der Waals surface area contributed by atoms with E-state index in [1.165, 1.54) is 18.2 Å². The molecule has 2 aromatic carbocycles. The molecule has 1 amide bonds. The predicted molar refractivity (Wildman–Crippen MR) is 140 cm³/mol. The van der Waals surface area contributed by atoms with Crippen LogP contribution in [-0.2, 0) is 16.1 Å². The molecular weight excluding hydrogens is 503 g/mol. The van der Waals surface area contributed by atoms with E-state index in [4.69, 9.17) is 10.5 Å². The molecule has 0 heterocycles. The number of carbonyl (C=O) groups excluding carboxylic acids is 2. The molecular formula is C26H36F3N5O4. The smallest absolute Gasteiger partial charge is 0.411 e. The lowest BCUT2D eigenvalue weighted by molar-refractivity contribution is 0.0601. The van der Waals surface area contributed by atoms with Crippen LogP contribution in [0.1, 0.15) is 41.6 Å². The van der Waals surface area contributed by atoms with Gasteiger partial charge in [0, 0.05) is 12.1 Å². The summed E-state index contributed by atoms with van der Waals surface area (Å²) < 4.78 is 51.4. The second-order valence-electron chi connectivity index (χ2n) is 8.41. The van der Waals surface area contributed by atoms with Crippen LogP contribution in [0.2, 0.25) is 0 Å². The Morgan fingerprint density at radius 2 is 1.55 bits per heavy atom. The quantitative estimate of drug-likeness (QED) is 0.152. The van der Waals surface area contributed by atoms with Gasteiger partial charge in [-0.15, -0.1) is 0 Å². The summed E-state index contributed by atoms with van der Waals surface area (Å²) in [6, 6.07) is 5.67. The summed E-state index contributed by atoms with van der Waals surface area (Å²) >= 11 is 0. The monoisotopic (exact) mass is 539 g/mol. The zero-order valence-corrected chi connectivity index (χ0v) is 21.5. The number of nitrogens with one attached hydrogen (secondary N) is 4. The van der Waals surface area contributed by atoms with Crippen molar-refractivity contribution in [3.05, 3.63) is 58.9 Å². The molecule has 0 saturated carbocycles. The highest BCUT2D eigenvalue weighted by Gasteiger charge is 2.19. The van der Waals surface area contributed by atoms with Crippen LogP contribution in [-0.4, -0.2) is 58.4 Å². The van der Waals surface area contributed by atoms with Gasteiger partial charge in [0.05, 0.1) is 24.0 Å². The van der Waals surface area contributed by atoms with Gasteiger partial charge in [0.15, 0.2) is 11.6 Å².